The van der Waals surface area contributed by atoms with E-state index in [0.29, 0.717) is 5.37 Å². The molecule has 0 unspecified atom stereocenters. The number of hydrogen-bond acceptors (Lipinski definition) is 2. The van der Waals surface area contributed by atoms with Crippen molar-refractivity contribution in [2.45, 2.75) is 19.2 Å². The van der Waals surface area contributed by atoms with E-state index < -0.39 is 0 Å². The molecule has 0 saturated carbocycles. The molecule has 54 valence electrons. The lowest BCUT2D eigenvalue weighted by atomic mass is 9.83. The number of thioether (sulfide) groups is 1. The number of carbonyl (C=O) groups excluding carboxylic acids is 1. The van der Waals surface area contributed by atoms with Gasteiger partial charge in [-0.3, -0.25) is 4.79 Å². The third-order valence-electron chi connectivity index (χ3n) is 2.08. The number of carbonyl (C=O) groups is 1. The van der Waals surface area contributed by atoms with Crippen molar-refractivity contribution in [3.63, 3.8) is 0 Å². The predicted octanol–water partition coefficient (Wildman–Crippen LogP) is 1.40. The van der Waals surface area contributed by atoms with Crippen LogP contribution in [0.15, 0.2) is 11.6 Å². The molecule has 1 saturated heterocycles. The summed E-state index contributed by atoms with van der Waals surface area (Å²) < 4.78 is 0. The van der Waals surface area contributed by atoms with Gasteiger partial charge in [-0.25, -0.2) is 0 Å². The topological polar surface area (TPSA) is 20.3 Å². The number of rotatable bonds is 0. The summed E-state index contributed by atoms with van der Waals surface area (Å²) in [4.78, 5) is 13.0. The maximum Gasteiger partial charge on any atom is 0.236 e. The molecule has 3 heteroatoms. The third-order valence-corrected chi connectivity index (χ3v) is 3.44. The molecule has 10 heavy (non-hydrogen) atoms. The van der Waals surface area contributed by atoms with Crippen LogP contribution in [0, 0.1) is 5.41 Å². The Morgan fingerprint density at radius 1 is 1.70 bits per heavy atom. The van der Waals surface area contributed by atoms with Gasteiger partial charge in [0, 0.05) is 6.20 Å². The van der Waals surface area contributed by atoms with Crippen molar-refractivity contribution in [1.29, 1.82) is 0 Å². The van der Waals surface area contributed by atoms with Crippen LogP contribution in [0.5, 0.6) is 0 Å². The highest BCUT2D eigenvalue weighted by Crippen LogP contribution is 2.48. The molecule has 2 aliphatic rings. The molecule has 2 heterocycles. The van der Waals surface area contributed by atoms with Crippen LogP contribution in [0.25, 0.3) is 0 Å². The van der Waals surface area contributed by atoms with Crippen LogP contribution in [0.3, 0.4) is 0 Å². The highest BCUT2D eigenvalue weighted by atomic mass is 32.2. The minimum Gasteiger partial charge on any atom is -0.304 e. The Hall–Kier alpha value is -0.440. The molecule has 1 atom stereocenters. The van der Waals surface area contributed by atoms with Crippen molar-refractivity contribution in [3.8, 4) is 0 Å². The van der Waals surface area contributed by atoms with Gasteiger partial charge in [0.1, 0.15) is 0 Å². The van der Waals surface area contributed by atoms with E-state index in [9.17, 15) is 4.79 Å². The number of hydrogen-bond donors (Lipinski definition) is 0. The van der Waals surface area contributed by atoms with Gasteiger partial charge >= 0.3 is 0 Å². The van der Waals surface area contributed by atoms with E-state index in [1.807, 2.05) is 25.5 Å². The molecule has 2 aliphatic heterocycles. The van der Waals surface area contributed by atoms with Gasteiger partial charge in [0.25, 0.3) is 0 Å². The Morgan fingerprint density at radius 3 is 3.00 bits per heavy atom. The van der Waals surface area contributed by atoms with Crippen molar-refractivity contribution in [1.82, 2.24) is 4.90 Å². The predicted molar refractivity (Wildman–Crippen MR) is 41.1 cm³/mol. The van der Waals surface area contributed by atoms with E-state index >= 15 is 0 Å². The first-order valence-electron chi connectivity index (χ1n) is 3.29. The minimum absolute atomic E-state index is 0.131. The Balaban J connectivity index is 2.28. The molecule has 0 aromatic heterocycles. The molecule has 0 aliphatic carbocycles. The largest absolute Gasteiger partial charge is 0.304 e. The van der Waals surface area contributed by atoms with Crippen LogP contribution in [0.2, 0.25) is 0 Å². The second-order valence-electron chi connectivity index (χ2n) is 3.21. The summed E-state index contributed by atoms with van der Waals surface area (Å²) in [6.07, 6.45) is 1.86. The monoisotopic (exact) mass is 155 g/mol. The van der Waals surface area contributed by atoms with Gasteiger partial charge in [0.2, 0.25) is 5.91 Å². The first-order valence-corrected chi connectivity index (χ1v) is 4.23. The Kier molecular flexibility index (Phi) is 0.997. The lowest BCUT2D eigenvalue weighted by Crippen LogP contribution is -2.60. The van der Waals surface area contributed by atoms with Gasteiger partial charge in [-0.15, -0.1) is 11.8 Å². The molecule has 0 aromatic carbocycles. The van der Waals surface area contributed by atoms with Crippen molar-refractivity contribution >= 4 is 17.7 Å². The van der Waals surface area contributed by atoms with Gasteiger partial charge in [-0.1, -0.05) is 0 Å². The van der Waals surface area contributed by atoms with E-state index in [1.54, 1.807) is 16.7 Å². The number of amides is 1. The highest BCUT2D eigenvalue weighted by molar-refractivity contribution is 8.03. The molecule has 1 amide bonds. The lowest BCUT2D eigenvalue weighted by Gasteiger charge is -2.47. The quantitative estimate of drug-likeness (QED) is 0.493. The SMILES string of the molecule is CC1(C)C(=O)N2C=CS[C@@H]21. The van der Waals surface area contributed by atoms with Crippen LogP contribution in [0.1, 0.15) is 13.8 Å². The first kappa shape index (κ1) is 6.28. The Bertz CT molecular complexity index is 222. The summed E-state index contributed by atoms with van der Waals surface area (Å²) in [6.45, 7) is 3.99. The molecule has 2 nitrogen and oxygen atoms in total. The zero-order chi connectivity index (χ0) is 7.35. The van der Waals surface area contributed by atoms with Crippen molar-refractivity contribution < 1.29 is 4.79 Å². The number of fused-ring (bicyclic) bond motifs is 1. The van der Waals surface area contributed by atoms with E-state index in [2.05, 4.69) is 0 Å². The zero-order valence-electron chi connectivity index (χ0n) is 6.00. The highest BCUT2D eigenvalue weighted by Gasteiger charge is 2.55. The molecule has 0 radical (unpaired) electrons. The van der Waals surface area contributed by atoms with E-state index in [0.717, 1.165) is 0 Å². The zero-order valence-corrected chi connectivity index (χ0v) is 6.81. The molecular formula is C7H9NOS. The fourth-order valence-corrected chi connectivity index (χ4v) is 2.47. The van der Waals surface area contributed by atoms with Crippen LogP contribution in [0.4, 0.5) is 0 Å². The van der Waals surface area contributed by atoms with Crippen LogP contribution < -0.4 is 0 Å². The smallest absolute Gasteiger partial charge is 0.236 e. The van der Waals surface area contributed by atoms with Crippen molar-refractivity contribution in [3.05, 3.63) is 11.6 Å². The molecule has 2 rings (SSSR count). The number of nitrogens with zero attached hydrogens (tertiary/aromatic N) is 1. The fourth-order valence-electron chi connectivity index (χ4n) is 1.38. The second-order valence-corrected chi connectivity index (χ2v) is 4.20. The van der Waals surface area contributed by atoms with E-state index in [1.165, 1.54) is 0 Å². The van der Waals surface area contributed by atoms with Gasteiger partial charge in [-0.05, 0) is 19.3 Å². The molecule has 0 spiro atoms. The molecule has 0 N–H and O–H groups in total. The van der Waals surface area contributed by atoms with Gasteiger partial charge in [0.15, 0.2) is 0 Å². The molecule has 0 aromatic rings. The minimum atomic E-state index is -0.131. The Morgan fingerprint density at radius 2 is 2.40 bits per heavy atom. The average molecular weight is 155 g/mol. The molecule has 1 fully saturated rings. The summed E-state index contributed by atoms with van der Waals surface area (Å²) >= 11 is 1.73. The second kappa shape index (κ2) is 1.59. The average Bonchev–Trinajstić information content (AvgIpc) is 2.31. The maximum atomic E-state index is 11.2. The summed E-state index contributed by atoms with van der Waals surface area (Å²) in [5, 5.41) is 2.36. The van der Waals surface area contributed by atoms with Crippen LogP contribution in [-0.4, -0.2) is 16.2 Å². The fraction of sp³-hybridized carbons (Fsp3) is 0.571. The lowest BCUT2D eigenvalue weighted by molar-refractivity contribution is -0.153. The molecular weight excluding hydrogens is 146 g/mol. The third kappa shape index (κ3) is 0.498. The normalized spacial score (nSPS) is 34.0. The van der Waals surface area contributed by atoms with Gasteiger partial charge < -0.3 is 4.90 Å². The van der Waals surface area contributed by atoms with Crippen molar-refractivity contribution in [2.75, 3.05) is 0 Å². The van der Waals surface area contributed by atoms with Crippen molar-refractivity contribution in [2.24, 2.45) is 5.41 Å². The standard InChI is InChI=1S/C7H9NOS/c1-7(2)5(9)8-3-4-10-6(7)8/h3-4,6H,1-2H3/t6-/m1/s1. The molecule has 0 bridgehead atoms. The van der Waals surface area contributed by atoms with E-state index in [-0.39, 0.29) is 11.3 Å². The number of β-lactam (4-membered cyclic amide) rings is 1. The van der Waals surface area contributed by atoms with Gasteiger partial charge in [0.05, 0.1) is 10.8 Å². The van der Waals surface area contributed by atoms with Crippen LogP contribution in [-0.2, 0) is 4.79 Å². The maximum absolute atomic E-state index is 11.2. The van der Waals surface area contributed by atoms with E-state index in [4.69, 9.17) is 0 Å². The summed E-state index contributed by atoms with van der Waals surface area (Å²) in [5.41, 5.74) is -0.131. The van der Waals surface area contributed by atoms with Gasteiger partial charge in [-0.2, -0.15) is 0 Å². The Labute approximate surface area is 64.3 Å². The summed E-state index contributed by atoms with van der Waals surface area (Å²) in [7, 11) is 0. The first-order chi connectivity index (χ1) is 4.64. The summed E-state index contributed by atoms with van der Waals surface area (Å²) in [5.74, 6) is 0.249. The summed E-state index contributed by atoms with van der Waals surface area (Å²) in [6, 6.07) is 0. The van der Waals surface area contributed by atoms with Crippen LogP contribution >= 0.6 is 11.8 Å².